The maximum atomic E-state index is 13.4. The molecular weight excluding hydrogens is 425 g/mol. The third-order valence-corrected chi connectivity index (χ3v) is 4.94. The number of pyridine rings is 1. The van der Waals surface area contributed by atoms with Crippen LogP contribution in [-0.4, -0.2) is 38.2 Å². The summed E-state index contributed by atoms with van der Waals surface area (Å²) in [7, 11) is 0. The van der Waals surface area contributed by atoms with E-state index in [9.17, 15) is 19.1 Å². The van der Waals surface area contributed by atoms with Crippen LogP contribution in [0.15, 0.2) is 60.8 Å². The van der Waals surface area contributed by atoms with Crippen LogP contribution in [0.25, 0.3) is 27.7 Å². The first kappa shape index (κ1) is 20.4. The number of benzene rings is 2. The number of carbonyl (C=O) groups excluding carboxylic acids is 1. The molecule has 0 aliphatic heterocycles. The number of nitrogens with zero attached hydrogens (tertiary/aromatic N) is 2. The summed E-state index contributed by atoms with van der Waals surface area (Å²) >= 11 is 6.41. The number of nitrogens with one attached hydrogen (secondary N) is 1. The summed E-state index contributed by atoms with van der Waals surface area (Å²) in [6, 6.07) is 14.8. The van der Waals surface area contributed by atoms with Gasteiger partial charge in [-0.15, -0.1) is 0 Å². The van der Waals surface area contributed by atoms with Crippen molar-refractivity contribution in [3.05, 3.63) is 77.5 Å². The van der Waals surface area contributed by atoms with E-state index < -0.39 is 35.7 Å². The summed E-state index contributed by atoms with van der Waals surface area (Å²) in [5.74, 6) is -2.97. The molecule has 4 aromatic rings. The van der Waals surface area contributed by atoms with Crippen molar-refractivity contribution in [2.24, 2.45) is 0 Å². The second-order valence-corrected chi connectivity index (χ2v) is 7.01. The van der Waals surface area contributed by atoms with Crippen LogP contribution in [0.1, 0.15) is 10.5 Å². The molecule has 2 aromatic heterocycles. The second kappa shape index (κ2) is 8.08. The van der Waals surface area contributed by atoms with Crippen LogP contribution in [0.2, 0.25) is 5.15 Å². The molecule has 0 aliphatic rings. The number of halogens is 2. The standard InChI is InChI=1S/C22H15ClFN3O4/c23-21-19-17(20(30)18(26-21)22(31)25-10-16(28)29)15(12-4-2-1-3-5-12)11-27(19)14-8-6-13(24)7-9-14/h1-9,11,30H,10H2,(H,25,31)(H,28,29). The Balaban J connectivity index is 1.99. The number of fused-ring (bicyclic) bond motifs is 1. The van der Waals surface area contributed by atoms with Crippen LogP contribution in [0, 0.1) is 5.82 Å². The largest absolute Gasteiger partial charge is 0.505 e. The molecule has 0 spiro atoms. The average Bonchev–Trinajstić information content (AvgIpc) is 3.17. The van der Waals surface area contributed by atoms with E-state index in [-0.39, 0.29) is 10.5 Å². The number of amides is 1. The van der Waals surface area contributed by atoms with E-state index in [4.69, 9.17) is 16.7 Å². The van der Waals surface area contributed by atoms with Crippen LogP contribution < -0.4 is 5.32 Å². The molecule has 7 nitrogen and oxygen atoms in total. The van der Waals surface area contributed by atoms with E-state index in [2.05, 4.69) is 10.3 Å². The molecular formula is C22H15ClFN3O4. The lowest BCUT2D eigenvalue weighted by molar-refractivity contribution is -0.135. The Morgan fingerprint density at radius 1 is 1.10 bits per heavy atom. The van der Waals surface area contributed by atoms with Crippen molar-refractivity contribution in [3.63, 3.8) is 0 Å². The predicted molar refractivity (Wildman–Crippen MR) is 113 cm³/mol. The fourth-order valence-electron chi connectivity index (χ4n) is 3.31. The van der Waals surface area contributed by atoms with Crippen molar-refractivity contribution in [2.45, 2.75) is 0 Å². The number of aromatic hydroxyl groups is 1. The number of carboxylic acids is 1. The van der Waals surface area contributed by atoms with Gasteiger partial charge in [0.05, 0.1) is 10.9 Å². The molecule has 0 saturated carbocycles. The number of rotatable bonds is 5. The van der Waals surface area contributed by atoms with Crippen molar-refractivity contribution in [2.75, 3.05) is 6.54 Å². The summed E-state index contributed by atoms with van der Waals surface area (Å²) in [4.78, 5) is 27.2. The van der Waals surface area contributed by atoms with E-state index >= 15 is 0 Å². The summed E-state index contributed by atoms with van der Waals surface area (Å²) in [5.41, 5.74) is 1.80. The van der Waals surface area contributed by atoms with Crippen LogP contribution in [0.5, 0.6) is 5.75 Å². The molecule has 0 saturated heterocycles. The average molecular weight is 440 g/mol. The van der Waals surface area contributed by atoms with Gasteiger partial charge >= 0.3 is 5.97 Å². The fourth-order valence-corrected chi connectivity index (χ4v) is 3.58. The lowest BCUT2D eigenvalue weighted by Gasteiger charge is -2.10. The molecule has 0 fully saturated rings. The van der Waals surface area contributed by atoms with Crippen LogP contribution in [-0.2, 0) is 4.79 Å². The van der Waals surface area contributed by atoms with Crippen LogP contribution in [0.4, 0.5) is 4.39 Å². The Morgan fingerprint density at radius 2 is 1.77 bits per heavy atom. The Bertz CT molecular complexity index is 1300. The maximum Gasteiger partial charge on any atom is 0.322 e. The van der Waals surface area contributed by atoms with Gasteiger partial charge in [0, 0.05) is 17.4 Å². The van der Waals surface area contributed by atoms with Gasteiger partial charge < -0.3 is 20.1 Å². The number of hydrogen-bond donors (Lipinski definition) is 3. The van der Waals surface area contributed by atoms with E-state index in [0.29, 0.717) is 16.8 Å². The highest BCUT2D eigenvalue weighted by Crippen LogP contribution is 2.41. The van der Waals surface area contributed by atoms with Gasteiger partial charge in [0.1, 0.15) is 12.4 Å². The van der Waals surface area contributed by atoms with E-state index in [0.717, 1.165) is 5.56 Å². The Morgan fingerprint density at radius 3 is 2.42 bits per heavy atom. The van der Waals surface area contributed by atoms with E-state index in [1.165, 1.54) is 12.1 Å². The Labute approximate surface area is 180 Å². The minimum Gasteiger partial charge on any atom is -0.505 e. The number of carboxylic acid groups (broad SMARTS) is 1. The highest BCUT2D eigenvalue weighted by Gasteiger charge is 2.25. The lowest BCUT2D eigenvalue weighted by atomic mass is 10.0. The summed E-state index contributed by atoms with van der Waals surface area (Å²) in [6.45, 7) is -0.641. The zero-order valence-corrected chi connectivity index (χ0v) is 16.6. The maximum absolute atomic E-state index is 13.4. The Kier molecular flexibility index (Phi) is 5.31. The molecule has 0 aliphatic carbocycles. The normalized spacial score (nSPS) is 10.9. The molecule has 0 radical (unpaired) electrons. The molecule has 0 unspecified atom stereocenters. The molecule has 2 aromatic carbocycles. The SMILES string of the molecule is O=C(O)CNC(=O)c1nc(Cl)c2c(c(-c3ccccc3)cn2-c2ccc(F)cc2)c1O. The van der Waals surface area contributed by atoms with Crippen LogP contribution >= 0.6 is 11.6 Å². The highest BCUT2D eigenvalue weighted by molar-refractivity contribution is 6.35. The van der Waals surface area contributed by atoms with Gasteiger partial charge in [-0.2, -0.15) is 0 Å². The number of aliphatic carboxylic acids is 1. The van der Waals surface area contributed by atoms with Gasteiger partial charge in [-0.25, -0.2) is 9.37 Å². The van der Waals surface area contributed by atoms with E-state index in [1.807, 2.05) is 30.3 Å². The van der Waals surface area contributed by atoms with Crippen molar-refractivity contribution < 1.29 is 24.2 Å². The quantitative estimate of drug-likeness (QED) is 0.408. The smallest absolute Gasteiger partial charge is 0.322 e. The third kappa shape index (κ3) is 3.80. The van der Waals surface area contributed by atoms with Crippen molar-refractivity contribution in [3.8, 4) is 22.6 Å². The van der Waals surface area contributed by atoms with Crippen molar-refractivity contribution in [1.82, 2.24) is 14.9 Å². The summed E-state index contributed by atoms with van der Waals surface area (Å²) in [5, 5.41) is 22.1. The van der Waals surface area contributed by atoms with Gasteiger partial charge in [-0.05, 0) is 29.8 Å². The number of hydrogen-bond acceptors (Lipinski definition) is 4. The van der Waals surface area contributed by atoms with Crippen LogP contribution in [0.3, 0.4) is 0 Å². The van der Waals surface area contributed by atoms with Gasteiger partial charge in [0.2, 0.25) is 0 Å². The monoisotopic (exact) mass is 439 g/mol. The minimum absolute atomic E-state index is 0.0835. The molecule has 4 rings (SSSR count). The fraction of sp³-hybridized carbons (Fsp3) is 0.0455. The zero-order chi connectivity index (χ0) is 22.1. The molecule has 156 valence electrons. The van der Waals surface area contributed by atoms with Gasteiger partial charge in [0.15, 0.2) is 16.6 Å². The number of aromatic nitrogens is 2. The molecule has 3 N–H and O–H groups in total. The zero-order valence-electron chi connectivity index (χ0n) is 15.8. The summed E-state index contributed by atoms with van der Waals surface area (Å²) in [6.07, 6.45) is 1.71. The number of carbonyl (C=O) groups is 2. The molecule has 0 bridgehead atoms. The third-order valence-electron chi connectivity index (χ3n) is 4.68. The van der Waals surface area contributed by atoms with Crippen molar-refractivity contribution in [1.29, 1.82) is 0 Å². The topological polar surface area (TPSA) is 104 Å². The van der Waals surface area contributed by atoms with Gasteiger partial charge in [-0.3, -0.25) is 9.59 Å². The predicted octanol–water partition coefficient (Wildman–Crippen LogP) is 4.01. The lowest BCUT2D eigenvalue weighted by Crippen LogP contribution is -2.30. The first-order chi connectivity index (χ1) is 14.9. The second-order valence-electron chi connectivity index (χ2n) is 6.66. The molecule has 31 heavy (non-hydrogen) atoms. The minimum atomic E-state index is -1.24. The molecule has 0 atom stereocenters. The summed E-state index contributed by atoms with van der Waals surface area (Å²) < 4.78 is 15.1. The van der Waals surface area contributed by atoms with Gasteiger partial charge in [0.25, 0.3) is 5.91 Å². The molecule has 9 heteroatoms. The first-order valence-corrected chi connectivity index (χ1v) is 9.49. The van der Waals surface area contributed by atoms with Gasteiger partial charge in [-0.1, -0.05) is 41.9 Å². The van der Waals surface area contributed by atoms with E-state index in [1.54, 1.807) is 22.9 Å². The molecule has 1 amide bonds. The van der Waals surface area contributed by atoms with Crippen molar-refractivity contribution >= 4 is 34.4 Å². The highest BCUT2D eigenvalue weighted by atomic mass is 35.5. The molecule has 2 heterocycles. The first-order valence-electron chi connectivity index (χ1n) is 9.11. The Hall–Kier alpha value is -3.91.